The van der Waals surface area contributed by atoms with Gasteiger partial charge in [0.2, 0.25) is 11.9 Å². The summed E-state index contributed by atoms with van der Waals surface area (Å²) in [6.45, 7) is 3.65. The van der Waals surface area contributed by atoms with E-state index in [1.807, 2.05) is 25.1 Å². The van der Waals surface area contributed by atoms with Crippen LogP contribution in [-0.4, -0.2) is 34.3 Å². The molecule has 0 amide bonds. The Labute approximate surface area is 163 Å². The maximum atomic E-state index is 12.7. The zero-order chi connectivity index (χ0) is 19.0. The monoisotopic (exact) mass is 404 g/mol. The average molecular weight is 404 g/mol. The van der Waals surface area contributed by atoms with Gasteiger partial charge in [-0.25, -0.2) is 9.59 Å². The van der Waals surface area contributed by atoms with E-state index in [-0.39, 0.29) is 11.9 Å². The third kappa shape index (κ3) is 3.70. The fourth-order valence-electron chi connectivity index (χ4n) is 2.88. The Morgan fingerprint density at radius 2 is 2.19 bits per heavy atom. The number of nitrogens with zero attached hydrogens (tertiary/aromatic N) is 2. The Balaban J connectivity index is 1.61. The molecule has 1 saturated heterocycles. The van der Waals surface area contributed by atoms with Crippen molar-refractivity contribution in [3.8, 4) is 0 Å². The Bertz CT molecular complexity index is 1010. The van der Waals surface area contributed by atoms with Crippen molar-refractivity contribution in [1.82, 2.24) is 10.2 Å². The first-order valence-corrected chi connectivity index (χ1v) is 10.2. The number of ether oxygens (including phenoxy) is 2. The molecule has 0 saturated carbocycles. The van der Waals surface area contributed by atoms with Crippen LogP contribution in [0.2, 0.25) is 0 Å². The van der Waals surface area contributed by atoms with Gasteiger partial charge in [-0.05, 0) is 19.9 Å². The molecule has 3 heterocycles. The molecule has 1 fully saturated rings. The summed E-state index contributed by atoms with van der Waals surface area (Å²) in [5.74, 6) is -0.600. The SMILES string of the molecule is Cc1nnc(SCc2c(C(=O)O[C@@H]3C[C@H](C)OC3=O)oc3ccccc23)s1. The van der Waals surface area contributed by atoms with Crippen LogP contribution in [0.15, 0.2) is 33.0 Å². The molecule has 2 atom stereocenters. The molecule has 2 aromatic heterocycles. The highest BCUT2D eigenvalue weighted by molar-refractivity contribution is 8.00. The summed E-state index contributed by atoms with van der Waals surface area (Å²) < 4.78 is 17.0. The zero-order valence-electron chi connectivity index (χ0n) is 14.6. The van der Waals surface area contributed by atoms with Gasteiger partial charge < -0.3 is 13.9 Å². The summed E-state index contributed by atoms with van der Waals surface area (Å²) in [7, 11) is 0. The predicted octanol–water partition coefficient (Wildman–Crippen LogP) is 3.75. The van der Waals surface area contributed by atoms with Crippen LogP contribution in [-0.2, 0) is 20.0 Å². The quantitative estimate of drug-likeness (QED) is 0.469. The molecule has 1 aliphatic heterocycles. The van der Waals surface area contributed by atoms with E-state index in [1.165, 1.54) is 23.1 Å². The summed E-state index contributed by atoms with van der Waals surface area (Å²) in [6, 6.07) is 7.40. The Kier molecular flexibility index (Phi) is 4.88. The number of rotatable bonds is 5. The Morgan fingerprint density at radius 3 is 2.89 bits per heavy atom. The Hall–Kier alpha value is -2.39. The number of benzene rings is 1. The van der Waals surface area contributed by atoms with Crippen LogP contribution in [0.3, 0.4) is 0 Å². The highest BCUT2D eigenvalue weighted by Crippen LogP contribution is 2.34. The number of aromatic nitrogens is 2. The van der Waals surface area contributed by atoms with Crippen molar-refractivity contribution >= 4 is 46.0 Å². The lowest BCUT2D eigenvalue weighted by atomic mass is 10.1. The highest BCUT2D eigenvalue weighted by atomic mass is 32.2. The fraction of sp³-hybridized carbons (Fsp3) is 0.333. The number of carbonyl (C=O) groups is 2. The van der Waals surface area contributed by atoms with Crippen LogP contribution < -0.4 is 0 Å². The van der Waals surface area contributed by atoms with E-state index >= 15 is 0 Å². The lowest BCUT2D eigenvalue weighted by molar-refractivity contribution is -0.147. The molecular formula is C18H16N2O5S2. The smallest absolute Gasteiger partial charge is 0.375 e. The largest absolute Gasteiger partial charge is 0.460 e. The molecule has 7 nitrogen and oxygen atoms in total. The second-order valence-corrected chi connectivity index (χ2v) is 8.56. The summed E-state index contributed by atoms with van der Waals surface area (Å²) in [4.78, 5) is 24.5. The third-order valence-electron chi connectivity index (χ3n) is 4.11. The molecule has 0 aliphatic carbocycles. The van der Waals surface area contributed by atoms with Gasteiger partial charge in [-0.2, -0.15) is 0 Å². The van der Waals surface area contributed by atoms with E-state index in [2.05, 4.69) is 10.2 Å². The van der Waals surface area contributed by atoms with Gasteiger partial charge in [0.15, 0.2) is 4.34 Å². The van der Waals surface area contributed by atoms with Crippen molar-refractivity contribution in [2.75, 3.05) is 0 Å². The molecule has 0 radical (unpaired) electrons. The number of aryl methyl sites for hydroxylation is 1. The fourth-order valence-corrected chi connectivity index (χ4v) is 4.72. The Morgan fingerprint density at radius 1 is 1.37 bits per heavy atom. The molecule has 0 spiro atoms. The molecule has 0 bridgehead atoms. The van der Waals surface area contributed by atoms with Gasteiger partial charge >= 0.3 is 11.9 Å². The molecule has 1 aromatic carbocycles. The number of cyclic esters (lactones) is 1. The van der Waals surface area contributed by atoms with Gasteiger partial charge in [-0.15, -0.1) is 10.2 Å². The number of carbonyl (C=O) groups excluding carboxylic acids is 2. The van der Waals surface area contributed by atoms with E-state index in [0.29, 0.717) is 23.3 Å². The van der Waals surface area contributed by atoms with Gasteiger partial charge in [-0.1, -0.05) is 41.3 Å². The number of hydrogen-bond donors (Lipinski definition) is 0. The summed E-state index contributed by atoms with van der Waals surface area (Å²) in [5.41, 5.74) is 1.31. The van der Waals surface area contributed by atoms with Gasteiger partial charge in [0, 0.05) is 23.1 Å². The van der Waals surface area contributed by atoms with Gasteiger partial charge in [0.25, 0.3) is 0 Å². The predicted molar refractivity (Wildman–Crippen MR) is 99.8 cm³/mol. The van der Waals surface area contributed by atoms with Crippen molar-refractivity contribution < 1.29 is 23.5 Å². The summed E-state index contributed by atoms with van der Waals surface area (Å²) in [6.07, 6.45) is -0.812. The molecule has 27 heavy (non-hydrogen) atoms. The summed E-state index contributed by atoms with van der Waals surface area (Å²) in [5, 5.41) is 9.81. The first-order chi connectivity index (χ1) is 13.0. The van der Waals surface area contributed by atoms with Crippen LogP contribution in [0.5, 0.6) is 0 Å². The minimum atomic E-state index is -0.896. The van der Waals surface area contributed by atoms with Crippen LogP contribution >= 0.6 is 23.1 Å². The van der Waals surface area contributed by atoms with Crippen molar-refractivity contribution in [3.05, 3.63) is 40.6 Å². The van der Waals surface area contributed by atoms with E-state index < -0.39 is 18.0 Å². The molecule has 3 aromatic rings. The van der Waals surface area contributed by atoms with Crippen LogP contribution in [0, 0.1) is 6.92 Å². The lowest BCUT2D eigenvalue weighted by Crippen LogP contribution is -2.23. The van der Waals surface area contributed by atoms with Crippen LogP contribution in [0.25, 0.3) is 11.0 Å². The van der Waals surface area contributed by atoms with E-state index in [0.717, 1.165) is 14.7 Å². The second-order valence-electron chi connectivity index (χ2n) is 6.16. The van der Waals surface area contributed by atoms with Crippen molar-refractivity contribution in [3.63, 3.8) is 0 Å². The number of furan rings is 1. The minimum absolute atomic E-state index is 0.109. The molecule has 9 heteroatoms. The van der Waals surface area contributed by atoms with Crippen molar-refractivity contribution in [2.24, 2.45) is 0 Å². The van der Waals surface area contributed by atoms with Crippen LogP contribution in [0.4, 0.5) is 0 Å². The number of hydrogen-bond acceptors (Lipinski definition) is 9. The van der Waals surface area contributed by atoms with Gasteiger partial charge in [0.1, 0.15) is 16.7 Å². The maximum Gasteiger partial charge on any atom is 0.375 e. The summed E-state index contributed by atoms with van der Waals surface area (Å²) >= 11 is 2.96. The average Bonchev–Trinajstić information content (AvgIpc) is 3.30. The van der Waals surface area contributed by atoms with E-state index in [4.69, 9.17) is 13.9 Å². The normalized spacial score (nSPS) is 19.4. The standard InChI is InChI=1S/C18H16N2O5S2/c1-9-7-14(16(21)23-9)25-17(22)15-12(8-26-18-20-19-10(2)27-18)11-5-3-4-6-13(11)24-15/h3-6,9,14H,7-8H2,1-2H3/t9-,14+/m0/s1. The van der Waals surface area contributed by atoms with Gasteiger partial charge in [-0.3, -0.25) is 0 Å². The number of thioether (sulfide) groups is 1. The minimum Gasteiger partial charge on any atom is -0.460 e. The lowest BCUT2D eigenvalue weighted by Gasteiger charge is -2.07. The van der Waals surface area contributed by atoms with Crippen molar-refractivity contribution in [2.45, 2.75) is 42.6 Å². The number of fused-ring (bicyclic) bond motifs is 1. The van der Waals surface area contributed by atoms with E-state index in [1.54, 1.807) is 13.0 Å². The highest BCUT2D eigenvalue weighted by Gasteiger charge is 2.36. The zero-order valence-corrected chi connectivity index (χ0v) is 16.3. The molecule has 0 unspecified atom stereocenters. The third-order valence-corrected chi connectivity index (χ3v) is 6.11. The molecule has 4 rings (SSSR count). The van der Waals surface area contributed by atoms with Crippen molar-refractivity contribution in [1.29, 1.82) is 0 Å². The molecule has 0 N–H and O–H groups in total. The molecule has 1 aliphatic rings. The first-order valence-electron chi connectivity index (χ1n) is 8.36. The molecule has 140 valence electrons. The number of esters is 2. The first kappa shape index (κ1) is 18.0. The molecular weight excluding hydrogens is 388 g/mol. The van der Waals surface area contributed by atoms with E-state index in [9.17, 15) is 9.59 Å². The van der Waals surface area contributed by atoms with Crippen LogP contribution in [0.1, 0.15) is 34.5 Å². The van der Waals surface area contributed by atoms with Gasteiger partial charge in [0.05, 0.1) is 0 Å². The number of para-hydroxylation sites is 1. The topological polar surface area (TPSA) is 91.5 Å². The maximum absolute atomic E-state index is 12.7. The second kappa shape index (κ2) is 7.32.